The molecule has 16 heavy (non-hydrogen) atoms. The summed E-state index contributed by atoms with van der Waals surface area (Å²) in [5.41, 5.74) is 0. The molecular weight excluding hydrogens is 204 g/mol. The first-order valence-corrected chi connectivity index (χ1v) is 5.79. The zero-order valence-electron chi connectivity index (χ0n) is 9.86. The van der Waals surface area contributed by atoms with E-state index in [2.05, 4.69) is 15.2 Å². The molecule has 0 aliphatic heterocycles. The molecule has 0 radical (unpaired) electrons. The van der Waals surface area contributed by atoms with E-state index in [4.69, 9.17) is 0 Å². The molecule has 1 aromatic rings. The first kappa shape index (κ1) is 11.1. The monoisotopic (exact) mass is 222 g/mol. The van der Waals surface area contributed by atoms with Gasteiger partial charge in [0, 0.05) is 13.0 Å². The Morgan fingerprint density at radius 3 is 2.75 bits per heavy atom. The third-order valence-corrected chi connectivity index (χ3v) is 3.10. The van der Waals surface area contributed by atoms with Gasteiger partial charge in [-0.1, -0.05) is 12.8 Å². The van der Waals surface area contributed by atoms with Crippen molar-refractivity contribution in [3.63, 3.8) is 0 Å². The van der Waals surface area contributed by atoms with Gasteiger partial charge in [-0.2, -0.15) is 5.10 Å². The topological polar surface area (TPSA) is 61.9 Å². The first-order valence-electron chi connectivity index (χ1n) is 5.79. The maximum absolute atomic E-state index is 12.0. The standard InChI is InChI=1S/C11H18N4O/c1-8-12-10(14-13-8)7-15(2)11(16)9-5-3-4-6-9/h9H,3-7H2,1-2H3,(H,12,13,14). The van der Waals surface area contributed by atoms with Crippen LogP contribution < -0.4 is 0 Å². The van der Waals surface area contributed by atoms with E-state index in [0.29, 0.717) is 12.4 Å². The van der Waals surface area contributed by atoms with E-state index < -0.39 is 0 Å². The Bertz CT molecular complexity index is 368. The van der Waals surface area contributed by atoms with Gasteiger partial charge >= 0.3 is 0 Å². The van der Waals surface area contributed by atoms with Gasteiger partial charge in [0.05, 0.1) is 6.54 Å². The van der Waals surface area contributed by atoms with Crippen molar-refractivity contribution in [1.29, 1.82) is 0 Å². The molecular formula is C11H18N4O. The molecule has 1 fully saturated rings. The van der Waals surface area contributed by atoms with Crippen molar-refractivity contribution in [2.24, 2.45) is 5.92 Å². The van der Waals surface area contributed by atoms with Crippen LogP contribution in [0.1, 0.15) is 37.3 Å². The van der Waals surface area contributed by atoms with Crippen LogP contribution in [0.2, 0.25) is 0 Å². The summed E-state index contributed by atoms with van der Waals surface area (Å²) in [4.78, 5) is 18.0. The van der Waals surface area contributed by atoms with Crippen molar-refractivity contribution in [3.05, 3.63) is 11.6 Å². The molecule has 88 valence electrons. The van der Waals surface area contributed by atoms with Crippen LogP contribution in [0.3, 0.4) is 0 Å². The SMILES string of the molecule is Cc1nc(CN(C)C(=O)C2CCCC2)n[nH]1. The Balaban J connectivity index is 1.91. The lowest BCUT2D eigenvalue weighted by Crippen LogP contribution is -2.31. The number of hydrogen-bond donors (Lipinski definition) is 1. The highest BCUT2D eigenvalue weighted by Gasteiger charge is 2.25. The Kier molecular flexibility index (Phi) is 3.22. The van der Waals surface area contributed by atoms with Gasteiger partial charge in [-0.25, -0.2) is 4.98 Å². The number of amides is 1. The molecule has 0 saturated heterocycles. The van der Waals surface area contributed by atoms with E-state index in [0.717, 1.165) is 18.7 Å². The second kappa shape index (κ2) is 4.63. The van der Waals surface area contributed by atoms with E-state index in [1.807, 2.05) is 14.0 Å². The highest BCUT2D eigenvalue weighted by molar-refractivity contribution is 5.78. The number of aryl methyl sites for hydroxylation is 1. The van der Waals surface area contributed by atoms with Crippen LogP contribution in [-0.2, 0) is 11.3 Å². The highest BCUT2D eigenvalue weighted by atomic mass is 16.2. The average Bonchev–Trinajstić information content (AvgIpc) is 2.88. The minimum absolute atomic E-state index is 0.227. The van der Waals surface area contributed by atoms with Crippen LogP contribution in [-0.4, -0.2) is 33.0 Å². The fourth-order valence-electron chi connectivity index (χ4n) is 2.23. The van der Waals surface area contributed by atoms with Gasteiger partial charge in [0.15, 0.2) is 5.82 Å². The molecule has 1 heterocycles. The molecule has 1 saturated carbocycles. The molecule has 1 aromatic heterocycles. The second-order valence-corrected chi connectivity index (χ2v) is 4.51. The molecule has 1 aliphatic rings. The Hall–Kier alpha value is -1.39. The number of nitrogens with one attached hydrogen (secondary N) is 1. The third-order valence-electron chi connectivity index (χ3n) is 3.10. The minimum Gasteiger partial charge on any atom is -0.338 e. The lowest BCUT2D eigenvalue weighted by molar-refractivity contribution is -0.134. The predicted molar refractivity (Wildman–Crippen MR) is 59.6 cm³/mol. The number of carbonyl (C=O) groups excluding carboxylic acids is 1. The van der Waals surface area contributed by atoms with Crippen LogP contribution in [0, 0.1) is 12.8 Å². The Morgan fingerprint density at radius 1 is 1.50 bits per heavy atom. The maximum Gasteiger partial charge on any atom is 0.225 e. The van der Waals surface area contributed by atoms with Crippen LogP contribution in [0.4, 0.5) is 0 Å². The van der Waals surface area contributed by atoms with Crippen LogP contribution in [0.25, 0.3) is 0 Å². The molecule has 0 unspecified atom stereocenters. The van der Waals surface area contributed by atoms with Gasteiger partial charge in [-0.3, -0.25) is 9.89 Å². The fourth-order valence-corrected chi connectivity index (χ4v) is 2.23. The van der Waals surface area contributed by atoms with Crippen molar-refractivity contribution in [3.8, 4) is 0 Å². The smallest absolute Gasteiger partial charge is 0.225 e. The summed E-state index contributed by atoms with van der Waals surface area (Å²) >= 11 is 0. The lowest BCUT2D eigenvalue weighted by Gasteiger charge is -2.19. The van der Waals surface area contributed by atoms with Crippen LogP contribution in [0.15, 0.2) is 0 Å². The predicted octanol–water partition coefficient (Wildman–Crippen LogP) is 1.26. The molecule has 1 N–H and O–H groups in total. The molecule has 1 amide bonds. The number of hydrogen-bond acceptors (Lipinski definition) is 3. The largest absolute Gasteiger partial charge is 0.338 e. The number of nitrogens with zero attached hydrogens (tertiary/aromatic N) is 3. The molecule has 0 bridgehead atoms. The number of aromatic amines is 1. The van der Waals surface area contributed by atoms with Gasteiger partial charge < -0.3 is 4.90 Å². The van der Waals surface area contributed by atoms with E-state index in [1.165, 1.54) is 12.8 Å². The van der Waals surface area contributed by atoms with Crippen LogP contribution >= 0.6 is 0 Å². The maximum atomic E-state index is 12.0. The van der Waals surface area contributed by atoms with Gasteiger partial charge in [-0.05, 0) is 19.8 Å². The number of rotatable bonds is 3. The van der Waals surface area contributed by atoms with E-state index >= 15 is 0 Å². The molecule has 1 aliphatic carbocycles. The summed E-state index contributed by atoms with van der Waals surface area (Å²) < 4.78 is 0. The zero-order chi connectivity index (χ0) is 11.5. The van der Waals surface area contributed by atoms with Crippen molar-refractivity contribution >= 4 is 5.91 Å². The van der Waals surface area contributed by atoms with Crippen molar-refractivity contribution in [2.75, 3.05) is 7.05 Å². The summed E-state index contributed by atoms with van der Waals surface area (Å²) in [5, 5.41) is 6.82. The zero-order valence-corrected chi connectivity index (χ0v) is 9.86. The molecule has 5 nitrogen and oxygen atoms in total. The highest BCUT2D eigenvalue weighted by Crippen LogP contribution is 2.26. The van der Waals surface area contributed by atoms with Crippen molar-refractivity contribution in [2.45, 2.75) is 39.2 Å². The molecule has 0 atom stereocenters. The quantitative estimate of drug-likeness (QED) is 0.837. The van der Waals surface area contributed by atoms with Crippen molar-refractivity contribution < 1.29 is 4.79 Å². The second-order valence-electron chi connectivity index (χ2n) is 4.51. The van der Waals surface area contributed by atoms with E-state index in [-0.39, 0.29) is 11.8 Å². The molecule has 2 rings (SSSR count). The first-order chi connectivity index (χ1) is 7.66. The van der Waals surface area contributed by atoms with Crippen molar-refractivity contribution in [1.82, 2.24) is 20.1 Å². The summed E-state index contributed by atoms with van der Waals surface area (Å²) in [6.45, 7) is 2.36. The molecule has 0 spiro atoms. The third kappa shape index (κ3) is 2.40. The van der Waals surface area contributed by atoms with Gasteiger partial charge in [0.25, 0.3) is 0 Å². The summed E-state index contributed by atoms with van der Waals surface area (Å²) in [6.07, 6.45) is 4.44. The fraction of sp³-hybridized carbons (Fsp3) is 0.727. The minimum atomic E-state index is 0.227. The van der Waals surface area contributed by atoms with Gasteiger partial charge in [0.2, 0.25) is 5.91 Å². The van der Waals surface area contributed by atoms with Crippen LogP contribution in [0.5, 0.6) is 0 Å². The molecule has 5 heteroatoms. The van der Waals surface area contributed by atoms with Gasteiger partial charge in [-0.15, -0.1) is 0 Å². The summed E-state index contributed by atoms with van der Waals surface area (Å²) in [5.74, 6) is 1.94. The van der Waals surface area contributed by atoms with E-state index in [1.54, 1.807) is 4.90 Å². The van der Waals surface area contributed by atoms with Gasteiger partial charge in [0.1, 0.15) is 5.82 Å². The summed E-state index contributed by atoms with van der Waals surface area (Å²) in [6, 6.07) is 0. The Labute approximate surface area is 95.2 Å². The average molecular weight is 222 g/mol. The number of H-pyrrole nitrogens is 1. The van der Waals surface area contributed by atoms with E-state index in [9.17, 15) is 4.79 Å². The summed E-state index contributed by atoms with van der Waals surface area (Å²) in [7, 11) is 1.83. The lowest BCUT2D eigenvalue weighted by atomic mass is 10.1. The Morgan fingerprint density at radius 2 is 2.19 bits per heavy atom. The normalized spacial score (nSPS) is 16.6. The molecule has 0 aromatic carbocycles. The number of carbonyl (C=O) groups is 1. The number of aromatic nitrogens is 3.